The molecule has 3 heterocycles. The number of H-pyrrole nitrogens is 1. The normalized spacial score (nSPS) is 12.5. The minimum atomic E-state index is -0.221. The molecule has 2 aromatic heterocycles. The summed E-state index contributed by atoms with van der Waals surface area (Å²) >= 11 is 0. The molecule has 1 aromatic carbocycles. The molecule has 0 spiro atoms. The van der Waals surface area contributed by atoms with Gasteiger partial charge in [-0.3, -0.25) is 14.6 Å². The lowest BCUT2D eigenvalue weighted by Gasteiger charge is -2.21. The van der Waals surface area contributed by atoms with Crippen LogP contribution in [0, 0.1) is 6.92 Å². The van der Waals surface area contributed by atoms with Crippen LogP contribution in [0.4, 0.5) is 0 Å². The van der Waals surface area contributed by atoms with Crippen LogP contribution in [0.2, 0.25) is 0 Å². The van der Waals surface area contributed by atoms with Crippen molar-refractivity contribution in [3.63, 3.8) is 0 Å². The maximum absolute atomic E-state index is 12.7. The number of aromatic nitrogens is 3. The van der Waals surface area contributed by atoms with Gasteiger partial charge in [-0.05, 0) is 43.2 Å². The standard InChI is InChI=1S/C23H24N4O4/c1-15-18(23(29)26-22(25-15)17-7-9-24-10-8-17)4-6-21(28)27(2)14-16-3-5-19-20(13-16)31-12-11-30-19/h3,5,7-10,13H,4,6,11-12,14H2,1-2H3,(H,25,26,29). The van der Waals surface area contributed by atoms with Crippen LogP contribution < -0.4 is 15.0 Å². The average molecular weight is 420 g/mol. The predicted molar refractivity (Wildman–Crippen MR) is 115 cm³/mol. The Bertz CT molecular complexity index is 1140. The first-order valence-corrected chi connectivity index (χ1v) is 10.1. The maximum Gasteiger partial charge on any atom is 0.254 e. The second kappa shape index (κ2) is 8.99. The van der Waals surface area contributed by atoms with Crippen molar-refractivity contribution in [2.45, 2.75) is 26.3 Å². The minimum absolute atomic E-state index is 0.0492. The van der Waals surface area contributed by atoms with E-state index in [0.717, 1.165) is 16.9 Å². The number of fused-ring (bicyclic) bond motifs is 1. The molecule has 0 atom stereocenters. The van der Waals surface area contributed by atoms with Crippen LogP contribution in [-0.2, 0) is 17.8 Å². The zero-order valence-corrected chi connectivity index (χ0v) is 17.6. The number of aromatic amines is 1. The molecule has 1 aliphatic heterocycles. The number of hydrogen-bond acceptors (Lipinski definition) is 6. The van der Waals surface area contributed by atoms with E-state index in [1.165, 1.54) is 0 Å². The molecule has 0 radical (unpaired) electrons. The molecule has 0 saturated carbocycles. The van der Waals surface area contributed by atoms with E-state index >= 15 is 0 Å². The Hall–Kier alpha value is -3.68. The van der Waals surface area contributed by atoms with Gasteiger partial charge in [0.2, 0.25) is 5.91 Å². The molecule has 0 unspecified atom stereocenters. The van der Waals surface area contributed by atoms with E-state index in [-0.39, 0.29) is 17.9 Å². The lowest BCUT2D eigenvalue weighted by molar-refractivity contribution is -0.130. The maximum atomic E-state index is 12.7. The van der Waals surface area contributed by atoms with Crippen molar-refractivity contribution in [2.24, 2.45) is 0 Å². The molecule has 4 rings (SSSR count). The number of ether oxygens (including phenoxy) is 2. The molecular weight excluding hydrogens is 396 g/mol. The Morgan fingerprint density at radius 1 is 1.13 bits per heavy atom. The number of carbonyl (C=O) groups excluding carboxylic acids is 1. The van der Waals surface area contributed by atoms with Crippen molar-refractivity contribution < 1.29 is 14.3 Å². The van der Waals surface area contributed by atoms with Crippen LogP contribution in [0.1, 0.15) is 23.2 Å². The molecule has 8 heteroatoms. The third-order valence-corrected chi connectivity index (χ3v) is 5.22. The highest BCUT2D eigenvalue weighted by Gasteiger charge is 2.16. The summed E-state index contributed by atoms with van der Waals surface area (Å²) in [5.41, 5.74) is 2.67. The average Bonchev–Trinajstić information content (AvgIpc) is 2.78. The van der Waals surface area contributed by atoms with Gasteiger partial charge in [-0.25, -0.2) is 4.98 Å². The van der Waals surface area contributed by atoms with Crippen molar-refractivity contribution in [3.8, 4) is 22.9 Å². The van der Waals surface area contributed by atoms with Gasteiger partial charge < -0.3 is 19.4 Å². The molecule has 3 aromatic rings. The topological polar surface area (TPSA) is 97.4 Å². The Labute approximate surface area is 179 Å². The molecule has 1 N–H and O–H groups in total. The van der Waals surface area contributed by atoms with E-state index in [1.54, 1.807) is 43.4 Å². The lowest BCUT2D eigenvalue weighted by atomic mass is 10.1. The third-order valence-electron chi connectivity index (χ3n) is 5.22. The number of aryl methyl sites for hydroxylation is 1. The summed E-state index contributed by atoms with van der Waals surface area (Å²) in [6, 6.07) is 9.26. The molecular formula is C23H24N4O4. The van der Waals surface area contributed by atoms with Crippen molar-refractivity contribution in [1.82, 2.24) is 19.9 Å². The smallest absolute Gasteiger partial charge is 0.254 e. The van der Waals surface area contributed by atoms with E-state index < -0.39 is 0 Å². The number of amides is 1. The van der Waals surface area contributed by atoms with Gasteiger partial charge in [-0.15, -0.1) is 0 Å². The van der Waals surface area contributed by atoms with Crippen LogP contribution in [0.15, 0.2) is 47.5 Å². The van der Waals surface area contributed by atoms with Crippen LogP contribution in [-0.4, -0.2) is 46.0 Å². The van der Waals surface area contributed by atoms with Gasteiger partial charge in [-0.1, -0.05) is 6.07 Å². The second-order valence-electron chi connectivity index (χ2n) is 7.44. The Morgan fingerprint density at radius 3 is 2.61 bits per heavy atom. The van der Waals surface area contributed by atoms with E-state index in [9.17, 15) is 9.59 Å². The van der Waals surface area contributed by atoms with Crippen molar-refractivity contribution in [2.75, 3.05) is 20.3 Å². The van der Waals surface area contributed by atoms with E-state index in [4.69, 9.17) is 9.47 Å². The first-order chi connectivity index (χ1) is 15.0. The summed E-state index contributed by atoms with van der Waals surface area (Å²) in [6.45, 7) is 3.30. The van der Waals surface area contributed by atoms with Crippen LogP contribution in [0.3, 0.4) is 0 Å². The molecule has 31 heavy (non-hydrogen) atoms. The lowest BCUT2D eigenvalue weighted by Crippen LogP contribution is -2.27. The quantitative estimate of drug-likeness (QED) is 0.658. The summed E-state index contributed by atoms with van der Waals surface area (Å²) in [5.74, 6) is 1.87. The van der Waals surface area contributed by atoms with Crippen molar-refractivity contribution in [1.29, 1.82) is 0 Å². The minimum Gasteiger partial charge on any atom is -0.486 e. The van der Waals surface area contributed by atoms with Crippen LogP contribution in [0.5, 0.6) is 11.5 Å². The predicted octanol–water partition coefficient (Wildman–Crippen LogP) is 2.50. The number of nitrogens with zero attached hydrogens (tertiary/aromatic N) is 3. The Kier molecular flexibility index (Phi) is 5.97. The molecule has 1 amide bonds. The van der Waals surface area contributed by atoms with Gasteiger partial charge in [0.1, 0.15) is 19.0 Å². The molecule has 8 nitrogen and oxygen atoms in total. The fourth-order valence-corrected chi connectivity index (χ4v) is 3.52. The zero-order chi connectivity index (χ0) is 21.8. The first kappa shape index (κ1) is 20.6. The number of hydrogen-bond donors (Lipinski definition) is 1. The summed E-state index contributed by atoms with van der Waals surface area (Å²) in [5, 5.41) is 0. The number of benzene rings is 1. The Morgan fingerprint density at radius 2 is 1.87 bits per heavy atom. The first-order valence-electron chi connectivity index (χ1n) is 10.1. The number of nitrogens with one attached hydrogen (secondary N) is 1. The van der Waals surface area contributed by atoms with Gasteiger partial charge >= 0.3 is 0 Å². The summed E-state index contributed by atoms with van der Waals surface area (Å²) in [7, 11) is 1.75. The molecule has 0 bridgehead atoms. The van der Waals surface area contributed by atoms with E-state index in [0.29, 0.717) is 49.0 Å². The zero-order valence-electron chi connectivity index (χ0n) is 17.6. The summed E-state index contributed by atoms with van der Waals surface area (Å²) in [4.78, 5) is 38.2. The number of carbonyl (C=O) groups is 1. The molecule has 160 valence electrons. The van der Waals surface area contributed by atoms with E-state index in [2.05, 4.69) is 15.0 Å². The number of pyridine rings is 1. The van der Waals surface area contributed by atoms with Gasteiger partial charge in [-0.2, -0.15) is 0 Å². The molecule has 0 fully saturated rings. The van der Waals surface area contributed by atoms with Gasteiger partial charge in [0.25, 0.3) is 5.56 Å². The number of rotatable bonds is 6. The fourth-order valence-electron chi connectivity index (χ4n) is 3.52. The van der Waals surface area contributed by atoms with Crippen molar-refractivity contribution in [3.05, 3.63) is 69.9 Å². The molecule has 1 aliphatic rings. The SMILES string of the molecule is Cc1nc(-c2ccncc2)[nH]c(=O)c1CCC(=O)N(C)Cc1ccc2c(c1)OCCO2. The van der Waals surface area contributed by atoms with Crippen molar-refractivity contribution >= 4 is 5.91 Å². The summed E-state index contributed by atoms with van der Waals surface area (Å²) < 4.78 is 11.1. The van der Waals surface area contributed by atoms with Crippen LogP contribution >= 0.6 is 0 Å². The van der Waals surface area contributed by atoms with Gasteiger partial charge in [0, 0.05) is 49.2 Å². The van der Waals surface area contributed by atoms with Gasteiger partial charge in [0.15, 0.2) is 11.5 Å². The highest BCUT2D eigenvalue weighted by Crippen LogP contribution is 2.31. The van der Waals surface area contributed by atoms with E-state index in [1.807, 2.05) is 18.2 Å². The summed E-state index contributed by atoms with van der Waals surface area (Å²) in [6.07, 6.45) is 3.85. The second-order valence-corrected chi connectivity index (χ2v) is 7.44. The highest BCUT2D eigenvalue weighted by atomic mass is 16.6. The third kappa shape index (κ3) is 4.74. The monoisotopic (exact) mass is 420 g/mol. The fraction of sp³-hybridized carbons (Fsp3) is 0.304. The van der Waals surface area contributed by atoms with Gasteiger partial charge in [0.05, 0.1) is 0 Å². The largest absolute Gasteiger partial charge is 0.486 e. The molecule has 0 aliphatic carbocycles. The molecule has 0 saturated heterocycles. The van der Waals surface area contributed by atoms with Crippen LogP contribution in [0.25, 0.3) is 11.4 Å². The Balaban J connectivity index is 1.39. The highest BCUT2D eigenvalue weighted by molar-refractivity contribution is 5.76.